The molecule has 3 heterocycles. The molecular formula is C36H32Cl2FN3O5. The largest absolute Gasteiger partial charge is 0.494 e. The van der Waals surface area contributed by atoms with Gasteiger partial charge >= 0.3 is 5.97 Å². The molecule has 2 saturated heterocycles. The van der Waals surface area contributed by atoms with E-state index in [1.807, 2.05) is 36.1 Å². The summed E-state index contributed by atoms with van der Waals surface area (Å²) in [5, 5.41) is 12.8. The molecule has 3 aliphatic rings. The third-order valence-corrected chi connectivity index (χ3v) is 9.40. The van der Waals surface area contributed by atoms with E-state index in [-0.39, 0.29) is 36.1 Å². The lowest BCUT2D eigenvalue weighted by Gasteiger charge is -2.40. The molecule has 2 fully saturated rings. The highest BCUT2D eigenvalue weighted by molar-refractivity contribution is 6.31. The van der Waals surface area contributed by atoms with Gasteiger partial charge in [0.15, 0.2) is 0 Å². The number of carboxylic acids is 1. The third-order valence-electron chi connectivity index (χ3n) is 9.03. The molecule has 1 spiro atoms. The van der Waals surface area contributed by atoms with Gasteiger partial charge < -0.3 is 20.1 Å². The summed E-state index contributed by atoms with van der Waals surface area (Å²) in [6, 6.07) is 18.2. The van der Waals surface area contributed by atoms with Crippen molar-refractivity contribution in [1.82, 2.24) is 9.80 Å². The Morgan fingerprint density at radius 3 is 2.60 bits per heavy atom. The number of carbonyl (C=O) groups excluding carboxylic acids is 2. The molecule has 0 unspecified atom stereocenters. The molecule has 0 bridgehead atoms. The van der Waals surface area contributed by atoms with Gasteiger partial charge in [-0.25, -0.2) is 9.18 Å². The van der Waals surface area contributed by atoms with Crippen LogP contribution in [0.15, 0.2) is 102 Å². The van der Waals surface area contributed by atoms with Crippen molar-refractivity contribution in [2.45, 2.75) is 31.6 Å². The van der Waals surface area contributed by atoms with Gasteiger partial charge in [-0.15, -0.1) is 0 Å². The van der Waals surface area contributed by atoms with Crippen LogP contribution in [0.5, 0.6) is 5.75 Å². The average molecular weight is 677 g/mol. The highest BCUT2D eigenvalue weighted by Crippen LogP contribution is 2.60. The molecule has 0 saturated carbocycles. The van der Waals surface area contributed by atoms with Crippen LogP contribution in [0.25, 0.3) is 0 Å². The van der Waals surface area contributed by atoms with Gasteiger partial charge in [-0.1, -0.05) is 66.2 Å². The monoisotopic (exact) mass is 675 g/mol. The van der Waals surface area contributed by atoms with Crippen LogP contribution in [0.4, 0.5) is 10.1 Å². The number of aromatic carboxylic acids is 1. The standard InChI is InChI=1S/C36H32Cl2FN3O5/c1-3-47-26-8-5-7-23(16-26)19-42-30-20-41(18-22-10-12-24(13-11-22)34(44)45)33(43)31(30)32(28(39)9-4-6-21(2)37)36(42)27-15-14-25(38)17-29(27)40-35(36)46/h4-17,30-32H,2-3,18-20H2,1H3,(H,40,46)(H,44,45)/b6-4-,28-9-/t30-,31+,32-,36+/m0/s1. The quantitative estimate of drug-likeness (QED) is 0.227. The Morgan fingerprint density at radius 2 is 1.89 bits per heavy atom. The molecule has 8 nitrogen and oxygen atoms in total. The summed E-state index contributed by atoms with van der Waals surface area (Å²) in [6.07, 6.45) is 4.08. The predicted molar refractivity (Wildman–Crippen MR) is 178 cm³/mol. The lowest BCUT2D eigenvalue weighted by Crippen LogP contribution is -2.54. The fraction of sp³-hybridized carbons (Fsp3) is 0.250. The van der Waals surface area contributed by atoms with E-state index in [9.17, 15) is 19.5 Å². The maximum Gasteiger partial charge on any atom is 0.335 e. The molecule has 0 aliphatic carbocycles. The lowest BCUT2D eigenvalue weighted by molar-refractivity contribution is -0.135. The van der Waals surface area contributed by atoms with E-state index in [0.717, 1.165) is 11.1 Å². The van der Waals surface area contributed by atoms with Crippen molar-refractivity contribution in [2.75, 3.05) is 18.5 Å². The number of halogens is 3. The number of ether oxygens (including phenoxy) is 1. The summed E-state index contributed by atoms with van der Waals surface area (Å²) < 4.78 is 22.6. The second kappa shape index (κ2) is 13.0. The van der Waals surface area contributed by atoms with Crippen molar-refractivity contribution in [3.63, 3.8) is 0 Å². The maximum absolute atomic E-state index is 16.8. The van der Waals surface area contributed by atoms with E-state index in [2.05, 4.69) is 11.9 Å². The highest BCUT2D eigenvalue weighted by Gasteiger charge is 2.71. The van der Waals surface area contributed by atoms with Crippen molar-refractivity contribution < 1.29 is 28.6 Å². The lowest BCUT2D eigenvalue weighted by atomic mass is 9.74. The van der Waals surface area contributed by atoms with Gasteiger partial charge in [0.05, 0.1) is 24.0 Å². The number of nitrogens with one attached hydrogen (secondary N) is 1. The first-order valence-corrected chi connectivity index (χ1v) is 15.9. The summed E-state index contributed by atoms with van der Waals surface area (Å²) in [5.74, 6) is -3.94. The number of benzene rings is 3. The third kappa shape index (κ3) is 5.84. The van der Waals surface area contributed by atoms with Crippen LogP contribution in [0.3, 0.4) is 0 Å². The fourth-order valence-electron chi connectivity index (χ4n) is 7.22. The van der Waals surface area contributed by atoms with E-state index in [0.29, 0.717) is 28.6 Å². The normalized spacial score (nSPS) is 23.8. The predicted octanol–water partition coefficient (Wildman–Crippen LogP) is 6.91. The Morgan fingerprint density at radius 1 is 1.13 bits per heavy atom. The Balaban J connectivity index is 1.49. The van der Waals surface area contributed by atoms with Crippen LogP contribution < -0.4 is 10.1 Å². The van der Waals surface area contributed by atoms with Crippen LogP contribution in [0.1, 0.15) is 34.0 Å². The van der Waals surface area contributed by atoms with Crippen LogP contribution in [0, 0.1) is 11.8 Å². The molecule has 4 atom stereocenters. The van der Waals surface area contributed by atoms with Crippen LogP contribution >= 0.6 is 23.2 Å². The van der Waals surface area contributed by atoms with Crippen molar-refractivity contribution in [3.05, 3.63) is 130 Å². The summed E-state index contributed by atoms with van der Waals surface area (Å²) in [4.78, 5) is 43.8. The minimum absolute atomic E-state index is 0.131. The molecule has 0 radical (unpaired) electrons. The summed E-state index contributed by atoms with van der Waals surface area (Å²) in [5.41, 5.74) is 1.08. The first-order chi connectivity index (χ1) is 22.5. The Kier molecular flexibility index (Phi) is 8.98. The van der Waals surface area contributed by atoms with Gasteiger partial charge in [0, 0.05) is 47.0 Å². The van der Waals surface area contributed by atoms with Crippen molar-refractivity contribution >= 4 is 46.7 Å². The summed E-state index contributed by atoms with van der Waals surface area (Å²) in [6.45, 7) is 6.59. The summed E-state index contributed by atoms with van der Waals surface area (Å²) in [7, 11) is 0. The number of rotatable bonds is 10. The molecule has 47 heavy (non-hydrogen) atoms. The van der Waals surface area contributed by atoms with Gasteiger partial charge in [0.1, 0.15) is 17.1 Å². The number of carboxylic acid groups (broad SMARTS) is 1. The summed E-state index contributed by atoms with van der Waals surface area (Å²) >= 11 is 12.2. The SMILES string of the molecule is C=C(Cl)/C=C\C=C(/F)[C@H]1[C@@H]2C(=O)N(Cc3ccc(C(=O)O)cc3)C[C@@H]2N(Cc2cccc(OCC)c2)[C@@]12C(=O)Nc1cc(Cl)ccc12. The molecule has 0 aromatic heterocycles. The molecule has 2 amide bonds. The van der Waals surface area contributed by atoms with E-state index in [4.69, 9.17) is 27.9 Å². The van der Waals surface area contributed by atoms with Gasteiger partial charge in [0.25, 0.3) is 0 Å². The maximum atomic E-state index is 16.8. The zero-order valence-electron chi connectivity index (χ0n) is 25.5. The average Bonchev–Trinajstić information content (AvgIpc) is 3.60. The molecule has 2 N–H and O–H groups in total. The zero-order chi connectivity index (χ0) is 33.5. The van der Waals surface area contributed by atoms with E-state index < -0.39 is 41.1 Å². The minimum Gasteiger partial charge on any atom is -0.494 e. The van der Waals surface area contributed by atoms with Crippen LogP contribution in [-0.2, 0) is 28.2 Å². The van der Waals surface area contributed by atoms with E-state index in [1.165, 1.54) is 30.4 Å². The number of hydrogen-bond acceptors (Lipinski definition) is 5. The van der Waals surface area contributed by atoms with Crippen LogP contribution in [-0.4, -0.2) is 51.9 Å². The molecule has 3 aromatic rings. The van der Waals surface area contributed by atoms with E-state index in [1.54, 1.807) is 35.2 Å². The minimum atomic E-state index is -1.59. The zero-order valence-corrected chi connectivity index (χ0v) is 27.0. The topological polar surface area (TPSA) is 99.2 Å². The Bertz CT molecular complexity index is 1830. The van der Waals surface area contributed by atoms with E-state index >= 15 is 4.39 Å². The van der Waals surface area contributed by atoms with Crippen LogP contribution in [0.2, 0.25) is 5.02 Å². The number of likely N-dealkylation sites (tertiary alicyclic amines) is 2. The number of amides is 2. The second-order valence-corrected chi connectivity index (χ2v) is 12.7. The Labute approximate surface area is 281 Å². The first-order valence-electron chi connectivity index (χ1n) is 15.1. The molecule has 242 valence electrons. The van der Waals surface area contributed by atoms with Crippen molar-refractivity contribution in [2.24, 2.45) is 11.8 Å². The van der Waals surface area contributed by atoms with Crippen molar-refractivity contribution in [3.8, 4) is 5.75 Å². The fourth-order valence-corrected chi connectivity index (χ4v) is 7.47. The number of fused-ring (bicyclic) bond motifs is 3. The first kappa shape index (κ1) is 32.5. The number of carbonyl (C=O) groups is 3. The van der Waals surface area contributed by atoms with Gasteiger partial charge in [0.2, 0.25) is 11.8 Å². The Hall–Kier alpha value is -4.44. The second-order valence-electron chi connectivity index (χ2n) is 11.8. The number of allylic oxidation sites excluding steroid dienone is 4. The van der Waals surface area contributed by atoms with Crippen molar-refractivity contribution in [1.29, 1.82) is 0 Å². The molecule has 11 heteroatoms. The van der Waals surface area contributed by atoms with Gasteiger partial charge in [-0.05, 0) is 66.6 Å². The molecule has 3 aromatic carbocycles. The molecule has 6 rings (SSSR count). The molecular weight excluding hydrogens is 644 g/mol. The smallest absolute Gasteiger partial charge is 0.335 e. The van der Waals surface area contributed by atoms with Gasteiger partial charge in [-0.2, -0.15) is 0 Å². The van der Waals surface area contributed by atoms with Gasteiger partial charge in [-0.3, -0.25) is 14.5 Å². The highest BCUT2D eigenvalue weighted by atomic mass is 35.5. The number of hydrogen-bond donors (Lipinski definition) is 2. The number of anilines is 1. The number of nitrogens with zero attached hydrogens (tertiary/aromatic N) is 2. The molecule has 3 aliphatic heterocycles.